The molecule has 0 saturated carbocycles. The van der Waals surface area contributed by atoms with E-state index < -0.39 is 5.82 Å². The molecule has 3 atom stereocenters. The predicted octanol–water partition coefficient (Wildman–Crippen LogP) is 4.61. The lowest BCUT2D eigenvalue weighted by atomic mass is 9.95. The number of ether oxygens (including phenoxy) is 1. The number of likely N-dealkylation sites (N-methyl/N-ethyl adjacent to an activating group) is 1. The summed E-state index contributed by atoms with van der Waals surface area (Å²) in [6, 6.07) is 7.34. The van der Waals surface area contributed by atoms with Crippen molar-refractivity contribution in [2.45, 2.75) is 43.9 Å². The maximum absolute atomic E-state index is 15.1. The molecule has 0 radical (unpaired) electrons. The van der Waals surface area contributed by atoms with Gasteiger partial charge in [-0.15, -0.1) is 0 Å². The predicted molar refractivity (Wildman–Crippen MR) is 139 cm³/mol. The number of anilines is 1. The summed E-state index contributed by atoms with van der Waals surface area (Å²) in [7, 11) is 2.06. The number of nitrogens with zero attached hydrogens (tertiary/aromatic N) is 3. The van der Waals surface area contributed by atoms with Crippen molar-refractivity contribution in [1.82, 2.24) is 19.8 Å². The summed E-state index contributed by atoms with van der Waals surface area (Å²) < 4.78 is 21.1. The van der Waals surface area contributed by atoms with Gasteiger partial charge in [0.1, 0.15) is 11.9 Å². The van der Waals surface area contributed by atoms with Crippen LogP contribution in [0.25, 0.3) is 11.1 Å². The van der Waals surface area contributed by atoms with Crippen LogP contribution in [-0.2, 0) is 6.42 Å². The molecule has 10 heteroatoms. The first-order valence-corrected chi connectivity index (χ1v) is 12.8. The number of pyridine rings is 2. The van der Waals surface area contributed by atoms with Crippen molar-refractivity contribution in [2.75, 3.05) is 25.5 Å². The van der Waals surface area contributed by atoms with Crippen molar-refractivity contribution in [1.29, 1.82) is 0 Å². The molecule has 0 spiro atoms. The van der Waals surface area contributed by atoms with Crippen LogP contribution in [0.1, 0.15) is 36.4 Å². The van der Waals surface area contributed by atoms with Gasteiger partial charge in [0.25, 0.3) is 0 Å². The van der Waals surface area contributed by atoms with Crippen molar-refractivity contribution >= 4 is 23.3 Å². The molecule has 0 aliphatic carbocycles. The summed E-state index contributed by atoms with van der Waals surface area (Å²) in [6.45, 7) is 1.85. The zero-order chi connectivity index (χ0) is 25.7. The molecule has 3 aliphatic rings. The summed E-state index contributed by atoms with van der Waals surface area (Å²) in [5, 5.41) is 3.01. The lowest BCUT2D eigenvalue weighted by molar-refractivity contribution is 0.179. The van der Waals surface area contributed by atoms with Crippen LogP contribution in [0.4, 0.5) is 14.9 Å². The third-order valence-electron chi connectivity index (χ3n) is 7.58. The van der Waals surface area contributed by atoms with E-state index in [9.17, 15) is 9.59 Å². The van der Waals surface area contributed by atoms with E-state index >= 15 is 4.39 Å². The van der Waals surface area contributed by atoms with Gasteiger partial charge in [-0.05, 0) is 62.1 Å². The van der Waals surface area contributed by atoms with Crippen LogP contribution in [-0.4, -0.2) is 58.1 Å². The van der Waals surface area contributed by atoms with Crippen molar-refractivity contribution in [3.05, 3.63) is 75.0 Å². The number of H-pyrrole nitrogens is 1. The fraction of sp³-hybridized carbons (Fsp3) is 0.370. The number of hydrogen-bond donors (Lipinski definition) is 2. The minimum atomic E-state index is -0.587. The Morgan fingerprint density at radius 1 is 1.24 bits per heavy atom. The molecule has 37 heavy (non-hydrogen) atoms. The van der Waals surface area contributed by atoms with Gasteiger partial charge in [0.05, 0.1) is 16.8 Å². The Morgan fingerprint density at radius 3 is 2.86 bits per heavy atom. The summed E-state index contributed by atoms with van der Waals surface area (Å²) >= 11 is 6.52. The first-order chi connectivity index (χ1) is 17.9. The molecule has 6 rings (SSSR count). The van der Waals surface area contributed by atoms with Crippen LogP contribution < -0.4 is 15.6 Å². The third-order valence-corrected chi connectivity index (χ3v) is 7.89. The first-order valence-electron chi connectivity index (χ1n) is 12.5. The molecule has 2 bridgehead atoms. The molecule has 5 heterocycles. The summed E-state index contributed by atoms with van der Waals surface area (Å²) in [6.07, 6.45) is 6.59. The van der Waals surface area contributed by atoms with Crippen LogP contribution in [0.15, 0.2) is 47.5 Å². The number of aromatic nitrogens is 2. The number of benzene rings is 1. The zero-order valence-corrected chi connectivity index (χ0v) is 21.1. The third kappa shape index (κ3) is 4.57. The Morgan fingerprint density at radius 2 is 2.11 bits per heavy atom. The molecule has 1 aromatic carbocycles. The second-order valence-electron chi connectivity index (χ2n) is 10.1. The van der Waals surface area contributed by atoms with E-state index in [4.69, 9.17) is 16.3 Å². The van der Waals surface area contributed by atoms with Crippen molar-refractivity contribution in [2.24, 2.45) is 0 Å². The molecule has 1 unspecified atom stereocenters. The van der Waals surface area contributed by atoms with Crippen LogP contribution in [0.5, 0.6) is 5.88 Å². The number of urea groups is 1. The van der Waals surface area contributed by atoms with Crippen LogP contribution in [0.2, 0.25) is 5.02 Å². The Balaban J connectivity index is 1.18. The van der Waals surface area contributed by atoms with E-state index in [0.29, 0.717) is 28.5 Å². The van der Waals surface area contributed by atoms with Gasteiger partial charge in [-0.25, -0.2) is 14.2 Å². The number of rotatable bonds is 4. The van der Waals surface area contributed by atoms with Crippen LogP contribution >= 0.6 is 11.6 Å². The van der Waals surface area contributed by atoms with Gasteiger partial charge < -0.3 is 24.8 Å². The highest BCUT2D eigenvalue weighted by Gasteiger charge is 2.43. The monoisotopic (exact) mass is 523 g/mol. The number of nitrogens with one attached hydrogen (secondary N) is 2. The Labute approximate surface area is 218 Å². The average Bonchev–Trinajstić information content (AvgIpc) is 3.43. The standard InChI is InChI=1S/C27H27ClFN5O3/c1-33-7-6-18(14-33)37-26-5-2-15(12-31-26)19-10-22(29)23(11-21(19)28)32-27(36)34-17-3-4-24(34)20-13-30-25(35)9-16(20)8-17/h2,5,9-13,17-18,24H,3-4,6-8,14H2,1H3,(H,30,35)(H,32,36)/t17-,18?,24+/m0/s1. The molecule has 8 nitrogen and oxygen atoms in total. The van der Waals surface area contributed by atoms with Gasteiger partial charge in [0, 0.05) is 54.8 Å². The van der Waals surface area contributed by atoms with Crippen LogP contribution in [0, 0.1) is 5.82 Å². The molecular weight excluding hydrogens is 497 g/mol. The van der Waals surface area contributed by atoms with Gasteiger partial charge in [0.15, 0.2) is 0 Å². The second kappa shape index (κ2) is 9.46. The number of carbonyl (C=O) groups excluding carboxylic acids is 1. The number of carbonyl (C=O) groups is 1. The topological polar surface area (TPSA) is 90.6 Å². The fourth-order valence-corrected chi connectivity index (χ4v) is 6.05. The molecule has 2 amide bonds. The molecular formula is C27H27ClFN5O3. The lowest BCUT2D eigenvalue weighted by Crippen LogP contribution is -2.44. The maximum Gasteiger partial charge on any atom is 0.322 e. The quantitative estimate of drug-likeness (QED) is 0.521. The maximum atomic E-state index is 15.1. The van der Waals surface area contributed by atoms with Gasteiger partial charge >= 0.3 is 6.03 Å². The fourth-order valence-electron chi connectivity index (χ4n) is 5.78. The van der Waals surface area contributed by atoms with E-state index in [2.05, 4.69) is 27.2 Å². The van der Waals surface area contributed by atoms with Gasteiger partial charge in [0.2, 0.25) is 11.4 Å². The van der Waals surface area contributed by atoms with E-state index in [1.807, 2.05) is 0 Å². The minimum absolute atomic E-state index is 0.0173. The number of hydrogen-bond acceptors (Lipinski definition) is 5. The van der Waals surface area contributed by atoms with Crippen molar-refractivity contribution in [3.8, 4) is 17.0 Å². The molecule has 3 aromatic rings. The van der Waals surface area contributed by atoms with E-state index in [1.165, 1.54) is 12.1 Å². The molecule has 2 saturated heterocycles. The number of fused-ring (bicyclic) bond motifs is 4. The number of halogens is 2. The van der Waals surface area contributed by atoms with E-state index in [0.717, 1.165) is 43.5 Å². The van der Waals surface area contributed by atoms with Crippen LogP contribution in [0.3, 0.4) is 0 Å². The molecule has 2 N–H and O–H groups in total. The summed E-state index contributed by atoms with van der Waals surface area (Å²) in [4.78, 5) is 36.0. The first kappa shape index (κ1) is 23.9. The van der Waals surface area contributed by atoms with Gasteiger partial charge in [-0.1, -0.05) is 11.6 Å². The minimum Gasteiger partial charge on any atom is -0.473 e. The smallest absolute Gasteiger partial charge is 0.322 e. The molecule has 192 valence electrons. The average molecular weight is 524 g/mol. The van der Waals surface area contributed by atoms with E-state index in [1.54, 1.807) is 35.5 Å². The largest absolute Gasteiger partial charge is 0.473 e. The van der Waals surface area contributed by atoms with Crippen molar-refractivity contribution in [3.63, 3.8) is 0 Å². The number of amides is 2. The highest BCUT2D eigenvalue weighted by Crippen LogP contribution is 2.43. The normalized spacial score (nSPS) is 22.7. The highest BCUT2D eigenvalue weighted by molar-refractivity contribution is 6.33. The molecule has 3 aliphatic heterocycles. The zero-order valence-electron chi connectivity index (χ0n) is 20.3. The van der Waals surface area contributed by atoms with E-state index in [-0.39, 0.29) is 35.5 Å². The lowest BCUT2D eigenvalue weighted by Gasteiger charge is -2.36. The van der Waals surface area contributed by atoms with Gasteiger partial charge in [-0.2, -0.15) is 0 Å². The number of aromatic amines is 1. The second-order valence-corrected chi connectivity index (χ2v) is 10.5. The van der Waals surface area contributed by atoms with Crippen molar-refractivity contribution < 1.29 is 13.9 Å². The Bertz CT molecular complexity index is 1410. The Hall–Kier alpha value is -3.43. The molecule has 2 aromatic heterocycles. The van der Waals surface area contributed by atoms with Gasteiger partial charge in [-0.3, -0.25) is 4.79 Å². The SMILES string of the molecule is CN1CCC(Oc2ccc(-c3cc(F)c(NC(=O)N4[C@H]5CC[C@@H]4c4c[nH]c(=O)cc4C5)cc3Cl)cn2)C1. The molecule has 2 fully saturated rings. The summed E-state index contributed by atoms with van der Waals surface area (Å²) in [5.74, 6) is -0.0671. The summed E-state index contributed by atoms with van der Waals surface area (Å²) in [5.41, 5.74) is 2.91. The number of likely N-dealkylation sites (tertiary alicyclic amines) is 1. The highest BCUT2D eigenvalue weighted by atomic mass is 35.5. The Kier molecular flexibility index (Phi) is 6.12.